The number of carbonyl (C=O) groups is 2. The number of hydrogen-bond donors (Lipinski definition) is 1. The summed E-state index contributed by atoms with van der Waals surface area (Å²) in [5.41, 5.74) is 0.934. The van der Waals surface area contributed by atoms with E-state index in [-0.39, 0.29) is 24.0 Å². The Morgan fingerprint density at radius 1 is 1.28 bits per heavy atom. The number of nitrogens with zero attached hydrogens (tertiary/aromatic N) is 3. The van der Waals surface area contributed by atoms with E-state index in [1.807, 2.05) is 18.7 Å². The standard InChI is InChI=1S/C18H26N4O3/c1-12-11-21(3)8-9-22(12)18(24)15-10-14(6-7-19-15)20-17(23)16-5-4-13(2)25-16/h6-7,10,12-13,16H,4-5,8-9,11H2,1-3H3,(H,19,20,23). The van der Waals surface area contributed by atoms with Crippen LogP contribution in [0, 0.1) is 0 Å². The highest BCUT2D eigenvalue weighted by Crippen LogP contribution is 2.21. The lowest BCUT2D eigenvalue weighted by atomic mass is 10.1. The lowest BCUT2D eigenvalue weighted by Gasteiger charge is -2.38. The number of aromatic nitrogens is 1. The van der Waals surface area contributed by atoms with Crippen LogP contribution < -0.4 is 5.32 Å². The molecule has 0 spiro atoms. The Hall–Kier alpha value is -1.99. The first kappa shape index (κ1) is 17.8. The summed E-state index contributed by atoms with van der Waals surface area (Å²) in [5, 5.41) is 2.84. The molecule has 7 heteroatoms. The van der Waals surface area contributed by atoms with Crippen LogP contribution in [0.1, 0.15) is 37.2 Å². The first-order valence-corrected chi connectivity index (χ1v) is 8.86. The summed E-state index contributed by atoms with van der Waals surface area (Å²) in [6.45, 7) is 6.39. The maximum absolute atomic E-state index is 12.8. The highest BCUT2D eigenvalue weighted by Gasteiger charge is 2.29. The molecule has 1 N–H and O–H groups in total. The minimum Gasteiger partial charge on any atom is -0.365 e. The molecule has 2 amide bonds. The molecule has 1 aromatic heterocycles. The summed E-state index contributed by atoms with van der Waals surface area (Å²) in [5.74, 6) is -0.260. The zero-order chi connectivity index (χ0) is 18.0. The van der Waals surface area contributed by atoms with Crippen molar-refractivity contribution >= 4 is 17.5 Å². The van der Waals surface area contributed by atoms with Gasteiger partial charge in [-0.05, 0) is 45.9 Å². The van der Waals surface area contributed by atoms with Crippen LogP contribution in [-0.2, 0) is 9.53 Å². The van der Waals surface area contributed by atoms with Gasteiger partial charge < -0.3 is 19.9 Å². The number of nitrogens with one attached hydrogen (secondary N) is 1. The number of rotatable bonds is 3. The van der Waals surface area contributed by atoms with E-state index < -0.39 is 6.10 Å². The number of ether oxygens (including phenoxy) is 1. The van der Waals surface area contributed by atoms with Crippen molar-refractivity contribution in [3.8, 4) is 0 Å². The molecule has 1 aromatic rings. The van der Waals surface area contributed by atoms with Gasteiger partial charge in [-0.2, -0.15) is 0 Å². The van der Waals surface area contributed by atoms with Crippen molar-refractivity contribution in [1.82, 2.24) is 14.8 Å². The molecule has 2 aliphatic heterocycles. The van der Waals surface area contributed by atoms with E-state index in [9.17, 15) is 9.59 Å². The van der Waals surface area contributed by atoms with Gasteiger partial charge in [-0.25, -0.2) is 0 Å². The molecule has 136 valence electrons. The molecule has 2 aliphatic rings. The Morgan fingerprint density at radius 2 is 2.08 bits per heavy atom. The number of likely N-dealkylation sites (N-methyl/N-ethyl adjacent to an activating group) is 1. The van der Waals surface area contributed by atoms with E-state index in [0.29, 0.717) is 17.9 Å². The summed E-state index contributed by atoms with van der Waals surface area (Å²) in [6, 6.07) is 3.48. The van der Waals surface area contributed by atoms with Crippen molar-refractivity contribution < 1.29 is 14.3 Å². The van der Waals surface area contributed by atoms with E-state index in [2.05, 4.69) is 22.2 Å². The fourth-order valence-electron chi connectivity index (χ4n) is 3.43. The number of carbonyl (C=O) groups excluding carboxylic acids is 2. The van der Waals surface area contributed by atoms with E-state index in [0.717, 1.165) is 25.9 Å². The number of piperazine rings is 1. The molecule has 0 aliphatic carbocycles. The highest BCUT2D eigenvalue weighted by atomic mass is 16.5. The second-order valence-corrected chi connectivity index (χ2v) is 7.04. The topological polar surface area (TPSA) is 74.8 Å². The summed E-state index contributed by atoms with van der Waals surface area (Å²) >= 11 is 0. The maximum Gasteiger partial charge on any atom is 0.272 e. The quantitative estimate of drug-likeness (QED) is 0.895. The van der Waals surface area contributed by atoms with E-state index in [1.54, 1.807) is 18.3 Å². The zero-order valence-electron chi connectivity index (χ0n) is 15.1. The number of anilines is 1. The van der Waals surface area contributed by atoms with E-state index >= 15 is 0 Å². The normalized spacial score (nSPS) is 27.3. The Kier molecular flexibility index (Phi) is 5.34. The van der Waals surface area contributed by atoms with Crippen molar-refractivity contribution in [2.75, 3.05) is 32.0 Å². The minimum absolute atomic E-state index is 0.0950. The molecule has 3 unspecified atom stereocenters. The minimum atomic E-state index is -0.417. The Bertz CT molecular complexity index is 651. The van der Waals surface area contributed by atoms with Gasteiger partial charge >= 0.3 is 0 Å². The van der Waals surface area contributed by atoms with E-state index in [4.69, 9.17) is 4.74 Å². The Labute approximate surface area is 148 Å². The smallest absolute Gasteiger partial charge is 0.272 e. The second kappa shape index (κ2) is 7.49. The van der Waals surface area contributed by atoms with Crippen LogP contribution >= 0.6 is 0 Å². The second-order valence-electron chi connectivity index (χ2n) is 7.04. The number of amides is 2. The van der Waals surface area contributed by atoms with Gasteiger partial charge in [0.05, 0.1) is 6.10 Å². The van der Waals surface area contributed by atoms with Crippen molar-refractivity contribution in [2.24, 2.45) is 0 Å². The first-order valence-electron chi connectivity index (χ1n) is 8.86. The van der Waals surface area contributed by atoms with Crippen molar-refractivity contribution in [3.05, 3.63) is 24.0 Å². The predicted molar refractivity (Wildman–Crippen MR) is 94.4 cm³/mol. The van der Waals surface area contributed by atoms with Crippen LogP contribution in [0.2, 0.25) is 0 Å². The molecule has 3 rings (SSSR count). The van der Waals surface area contributed by atoms with Crippen LogP contribution in [0.3, 0.4) is 0 Å². The fraction of sp³-hybridized carbons (Fsp3) is 0.611. The Morgan fingerprint density at radius 3 is 2.76 bits per heavy atom. The lowest BCUT2D eigenvalue weighted by molar-refractivity contribution is -0.126. The third kappa shape index (κ3) is 4.16. The first-order chi connectivity index (χ1) is 11.9. The van der Waals surface area contributed by atoms with Gasteiger partial charge in [-0.3, -0.25) is 14.6 Å². The van der Waals surface area contributed by atoms with Crippen LogP contribution in [0.15, 0.2) is 18.3 Å². The molecule has 25 heavy (non-hydrogen) atoms. The summed E-state index contributed by atoms with van der Waals surface area (Å²) < 4.78 is 5.58. The van der Waals surface area contributed by atoms with Crippen molar-refractivity contribution in [3.63, 3.8) is 0 Å². The fourth-order valence-corrected chi connectivity index (χ4v) is 3.43. The molecule has 7 nitrogen and oxygen atoms in total. The highest BCUT2D eigenvalue weighted by molar-refractivity contribution is 5.97. The van der Waals surface area contributed by atoms with Crippen LogP contribution in [0.5, 0.6) is 0 Å². The summed E-state index contributed by atoms with van der Waals surface area (Å²) in [7, 11) is 2.05. The maximum atomic E-state index is 12.8. The van der Waals surface area contributed by atoms with Crippen LogP contribution in [0.25, 0.3) is 0 Å². The lowest BCUT2D eigenvalue weighted by Crippen LogP contribution is -2.52. The molecule has 0 aromatic carbocycles. The van der Waals surface area contributed by atoms with Crippen LogP contribution in [0.4, 0.5) is 5.69 Å². The van der Waals surface area contributed by atoms with Crippen molar-refractivity contribution in [2.45, 2.75) is 44.9 Å². The van der Waals surface area contributed by atoms with Gasteiger partial charge in [0, 0.05) is 37.6 Å². The van der Waals surface area contributed by atoms with Gasteiger partial charge in [-0.1, -0.05) is 0 Å². The molecular weight excluding hydrogens is 320 g/mol. The third-order valence-corrected chi connectivity index (χ3v) is 4.86. The predicted octanol–water partition coefficient (Wildman–Crippen LogP) is 1.36. The molecule has 0 radical (unpaired) electrons. The van der Waals surface area contributed by atoms with Gasteiger partial charge in [0.15, 0.2) is 0 Å². The van der Waals surface area contributed by atoms with Gasteiger partial charge in [0.25, 0.3) is 11.8 Å². The molecule has 0 saturated carbocycles. The molecule has 3 atom stereocenters. The summed E-state index contributed by atoms with van der Waals surface area (Å²) in [4.78, 5) is 33.3. The SMILES string of the molecule is CC1CCC(C(=O)Nc2ccnc(C(=O)N3CCN(C)CC3C)c2)O1. The van der Waals surface area contributed by atoms with Gasteiger partial charge in [-0.15, -0.1) is 0 Å². The van der Waals surface area contributed by atoms with Crippen LogP contribution in [-0.4, -0.2) is 71.5 Å². The third-order valence-electron chi connectivity index (χ3n) is 4.86. The monoisotopic (exact) mass is 346 g/mol. The van der Waals surface area contributed by atoms with Crippen molar-refractivity contribution in [1.29, 1.82) is 0 Å². The molecule has 2 fully saturated rings. The van der Waals surface area contributed by atoms with E-state index in [1.165, 1.54) is 0 Å². The molecule has 0 bridgehead atoms. The molecule has 2 saturated heterocycles. The Balaban J connectivity index is 1.66. The largest absolute Gasteiger partial charge is 0.365 e. The number of hydrogen-bond acceptors (Lipinski definition) is 5. The average Bonchev–Trinajstić information content (AvgIpc) is 3.01. The average molecular weight is 346 g/mol. The van der Waals surface area contributed by atoms with Gasteiger partial charge in [0.1, 0.15) is 11.8 Å². The number of pyridine rings is 1. The molecule has 3 heterocycles. The van der Waals surface area contributed by atoms with Gasteiger partial charge in [0.2, 0.25) is 0 Å². The summed E-state index contributed by atoms with van der Waals surface area (Å²) in [6.07, 6.45) is 2.87. The zero-order valence-corrected chi connectivity index (χ0v) is 15.1. The molecular formula is C18H26N4O3.